The van der Waals surface area contributed by atoms with Crippen molar-refractivity contribution in [1.82, 2.24) is 79.6 Å². The molecule has 84 heavy (non-hydrogen) atoms. The van der Waals surface area contributed by atoms with Gasteiger partial charge in [0.25, 0.3) is 5.95 Å². The second-order valence-corrected chi connectivity index (χ2v) is 18.8. The maximum absolute atomic E-state index is 16.0. The Morgan fingerprint density at radius 3 is 1.83 bits per heavy atom. The van der Waals surface area contributed by atoms with Gasteiger partial charge in [-0.05, 0) is 133 Å². The van der Waals surface area contributed by atoms with E-state index in [-0.39, 0.29) is 63.7 Å². The lowest BCUT2D eigenvalue weighted by atomic mass is 9.98. The molecule has 31 heteroatoms. The number of carbonyl (C=O) groups is 3. The number of fused-ring (bicyclic) bond motifs is 3. The van der Waals surface area contributed by atoms with Crippen LogP contribution in [-0.4, -0.2) is 97.7 Å². The Bertz CT molecular complexity index is 4630. The van der Waals surface area contributed by atoms with Crippen molar-refractivity contribution in [2.45, 2.75) is 20.8 Å². The molecule has 0 radical (unpaired) electrons. The molecule has 0 aliphatic heterocycles. The standard InChI is InChI=1S/C53H40F3N25O3/c1-23-6-8-33(54)36(11-23)63-51(82)66-41-9-7-26(19-60-41)40-15-27(16-43-71-75-49(59)81(40)43)30-17-34(55)38(12-24(30)2)65-53(84)68-50-62-20-39(69-76-50)32-14-28(22-80-45(32)47(58)73-78-80)31-18-35(56)37(13-25(31)3)64-52(83)67-42-21-61-48(74-70-42)29-5-4-10-79-44(29)46(57)72-77-79/h4-22H,57-58H2,1-3H3,(H2,59,75)(H2,60,63,66,82)(H2,64,67,70,83)(H2,62,65,68,76,84). The van der Waals surface area contributed by atoms with Gasteiger partial charge in [-0.3, -0.25) is 20.4 Å². The van der Waals surface area contributed by atoms with Crippen LogP contribution in [-0.2, 0) is 0 Å². The minimum atomic E-state index is -0.894. The summed E-state index contributed by atoms with van der Waals surface area (Å²) in [6.45, 7) is 5.20. The van der Waals surface area contributed by atoms with Gasteiger partial charge in [-0.25, -0.2) is 51.5 Å². The largest absolute Gasteiger partial charge is 0.380 e. The lowest BCUT2D eigenvalue weighted by Gasteiger charge is -2.14. The van der Waals surface area contributed by atoms with Crippen molar-refractivity contribution in [1.29, 1.82) is 0 Å². The maximum atomic E-state index is 16.0. The molecule has 9 aromatic heterocycles. The molecule has 0 fully saturated rings. The molecule has 3 aromatic carbocycles. The summed E-state index contributed by atoms with van der Waals surface area (Å²) in [6.07, 6.45) is 7.30. The van der Waals surface area contributed by atoms with E-state index in [1.54, 1.807) is 80.0 Å². The molecule has 12 rings (SSSR count). The summed E-state index contributed by atoms with van der Waals surface area (Å²) in [6, 6.07) is 19.0. The number of urea groups is 3. The number of aryl methyl sites for hydroxylation is 3. The zero-order valence-electron chi connectivity index (χ0n) is 43.7. The monoisotopic (exact) mass is 1130 g/mol. The predicted molar refractivity (Wildman–Crippen MR) is 302 cm³/mol. The van der Waals surface area contributed by atoms with Gasteiger partial charge in [0.15, 0.2) is 28.9 Å². The Kier molecular flexibility index (Phi) is 13.1. The van der Waals surface area contributed by atoms with Gasteiger partial charge in [0.1, 0.15) is 40.0 Å². The molecule has 416 valence electrons. The SMILES string of the molecule is Cc1ccc(F)c(NC(=O)Nc2ccc(-c3cc(-c4cc(F)c(NC(=O)Nc5ncc(-c6cc(-c7cc(F)c(NC(=O)Nc8cnc(-c9cccn%10nnc(N)c9%10)nn8)cc7C)cn7nnc(N)c67)nn5)cc4C)cc4nnc(N)n34)cn2)c1. The number of halogens is 3. The van der Waals surface area contributed by atoms with Gasteiger partial charge in [-0.15, -0.1) is 40.8 Å². The molecule has 0 bridgehead atoms. The van der Waals surface area contributed by atoms with Crippen molar-refractivity contribution in [3.63, 3.8) is 0 Å². The topological polar surface area (TPSA) is 382 Å². The highest BCUT2D eigenvalue weighted by molar-refractivity contribution is 6.01. The number of nitrogen functional groups attached to an aromatic ring is 3. The number of benzene rings is 3. The molecule has 0 spiro atoms. The molecule has 12 aromatic rings. The quantitative estimate of drug-likeness (QED) is 0.0593. The highest BCUT2D eigenvalue weighted by Gasteiger charge is 2.22. The third-order valence-electron chi connectivity index (χ3n) is 13.1. The Morgan fingerprint density at radius 2 is 1.17 bits per heavy atom. The zero-order valence-corrected chi connectivity index (χ0v) is 43.7. The van der Waals surface area contributed by atoms with Crippen LogP contribution < -0.4 is 49.1 Å². The van der Waals surface area contributed by atoms with Gasteiger partial charge in [0, 0.05) is 35.3 Å². The van der Waals surface area contributed by atoms with Gasteiger partial charge in [-0.1, -0.05) is 16.5 Å². The van der Waals surface area contributed by atoms with Gasteiger partial charge in [-0.2, -0.15) is 0 Å². The first kappa shape index (κ1) is 52.4. The van der Waals surface area contributed by atoms with Crippen LogP contribution in [0.1, 0.15) is 16.7 Å². The van der Waals surface area contributed by atoms with Crippen molar-refractivity contribution < 1.29 is 27.6 Å². The summed E-state index contributed by atoms with van der Waals surface area (Å²) >= 11 is 0. The van der Waals surface area contributed by atoms with Crippen LogP contribution in [0.25, 0.3) is 72.8 Å². The van der Waals surface area contributed by atoms with Crippen molar-refractivity contribution in [3.05, 3.63) is 150 Å². The summed E-state index contributed by atoms with van der Waals surface area (Å²) in [7, 11) is 0. The summed E-state index contributed by atoms with van der Waals surface area (Å²) in [5, 5.41) is 55.6. The fourth-order valence-corrected chi connectivity index (χ4v) is 9.19. The van der Waals surface area contributed by atoms with Crippen LogP contribution in [0.3, 0.4) is 0 Å². The summed E-state index contributed by atoms with van der Waals surface area (Å²) in [5.74, 6) is -1.80. The lowest BCUT2D eigenvalue weighted by Crippen LogP contribution is -2.22. The highest BCUT2D eigenvalue weighted by atomic mass is 19.1. The number of hydrogen-bond acceptors (Lipinski definition) is 19. The van der Waals surface area contributed by atoms with Crippen molar-refractivity contribution >= 4 is 87.0 Å². The highest BCUT2D eigenvalue weighted by Crippen LogP contribution is 2.36. The first-order chi connectivity index (χ1) is 40.5. The molecule has 0 aliphatic carbocycles. The molecule has 0 saturated carbocycles. The Balaban J connectivity index is 0.717. The molecule has 0 atom stereocenters. The summed E-state index contributed by atoms with van der Waals surface area (Å²) < 4.78 is 50.6. The number of nitrogens with two attached hydrogens (primary N) is 3. The van der Waals surface area contributed by atoms with Crippen LogP contribution in [0, 0.1) is 38.2 Å². The molecular formula is C53H40F3N25O3. The maximum Gasteiger partial charge on any atom is 0.326 e. The van der Waals surface area contributed by atoms with Gasteiger partial charge >= 0.3 is 18.1 Å². The number of pyridine rings is 4. The first-order valence-corrected chi connectivity index (χ1v) is 24.9. The molecule has 0 unspecified atom stereocenters. The number of carbonyl (C=O) groups excluding carboxylic acids is 3. The number of nitrogens with one attached hydrogen (secondary N) is 6. The number of aromatic nitrogens is 16. The third kappa shape index (κ3) is 10.2. The fourth-order valence-electron chi connectivity index (χ4n) is 9.19. The van der Waals surface area contributed by atoms with E-state index in [0.29, 0.717) is 72.4 Å². The van der Waals surface area contributed by atoms with E-state index >= 15 is 8.78 Å². The molecule has 0 aliphatic rings. The van der Waals surface area contributed by atoms with Gasteiger partial charge in [0.05, 0.1) is 40.7 Å². The number of amides is 6. The van der Waals surface area contributed by atoms with Gasteiger partial charge < -0.3 is 33.2 Å². The van der Waals surface area contributed by atoms with Gasteiger partial charge in [0.2, 0.25) is 5.95 Å². The van der Waals surface area contributed by atoms with Crippen LogP contribution in [0.2, 0.25) is 0 Å². The molecule has 6 amide bonds. The van der Waals surface area contributed by atoms with E-state index in [2.05, 4.69) is 98.1 Å². The van der Waals surface area contributed by atoms with E-state index in [1.165, 1.54) is 70.1 Å². The van der Waals surface area contributed by atoms with Crippen LogP contribution in [0.4, 0.5) is 79.8 Å². The average molecular weight is 1130 g/mol. The third-order valence-corrected chi connectivity index (χ3v) is 13.1. The molecule has 9 heterocycles. The summed E-state index contributed by atoms with van der Waals surface area (Å²) in [5.41, 5.74) is 24.9. The lowest BCUT2D eigenvalue weighted by molar-refractivity contribution is 0.261. The minimum Gasteiger partial charge on any atom is -0.380 e. The Hall–Kier alpha value is -12.3. The second kappa shape index (κ2) is 21.1. The average Bonchev–Trinajstić information content (AvgIpc) is 2.85. The van der Waals surface area contributed by atoms with E-state index in [0.717, 1.165) is 5.56 Å². The van der Waals surface area contributed by atoms with Crippen molar-refractivity contribution in [2.24, 2.45) is 0 Å². The van der Waals surface area contributed by atoms with E-state index in [1.807, 2.05) is 0 Å². The Morgan fingerprint density at radius 1 is 0.500 bits per heavy atom. The number of anilines is 9. The molecule has 12 N–H and O–H groups in total. The normalized spacial score (nSPS) is 11.3. The first-order valence-electron chi connectivity index (χ1n) is 24.9. The second-order valence-electron chi connectivity index (χ2n) is 18.8. The zero-order chi connectivity index (χ0) is 58.5. The minimum absolute atomic E-state index is 0.00491. The van der Waals surface area contributed by atoms with E-state index in [4.69, 9.17) is 17.2 Å². The predicted octanol–water partition coefficient (Wildman–Crippen LogP) is 7.94. The number of nitrogens with zero attached hydrogens (tertiary/aromatic N) is 16. The molecular weight excluding hydrogens is 1090 g/mol. The van der Waals surface area contributed by atoms with Crippen LogP contribution in [0.15, 0.2) is 116 Å². The summed E-state index contributed by atoms with van der Waals surface area (Å²) in [4.78, 5) is 52.0. The van der Waals surface area contributed by atoms with Crippen LogP contribution >= 0.6 is 0 Å². The molecule has 28 nitrogen and oxygen atoms in total. The van der Waals surface area contributed by atoms with E-state index < -0.39 is 35.5 Å². The fraction of sp³-hybridized carbons (Fsp3) is 0.0566. The Labute approximate surface area is 468 Å². The smallest absolute Gasteiger partial charge is 0.326 e. The molecule has 0 saturated heterocycles. The van der Waals surface area contributed by atoms with Crippen molar-refractivity contribution in [3.8, 4) is 56.2 Å². The number of hydrogen-bond donors (Lipinski definition) is 9. The van der Waals surface area contributed by atoms with Crippen LogP contribution in [0.5, 0.6) is 0 Å². The number of rotatable bonds is 11. The van der Waals surface area contributed by atoms with E-state index in [9.17, 15) is 18.8 Å². The van der Waals surface area contributed by atoms with Crippen molar-refractivity contribution in [2.75, 3.05) is 49.1 Å².